The van der Waals surface area contributed by atoms with E-state index in [0.29, 0.717) is 12.1 Å². The number of benzene rings is 1. The number of nitrogens with zero attached hydrogens (tertiary/aromatic N) is 4. The van der Waals surface area contributed by atoms with E-state index < -0.39 is 0 Å². The Morgan fingerprint density at radius 1 is 1.03 bits per heavy atom. The van der Waals surface area contributed by atoms with E-state index in [1.807, 2.05) is 35.0 Å². The molecule has 3 aromatic heterocycles. The highest BCUT2D eigenvalue weighted by atomic mass is 16.5. The van der Waals surface area contributed by atoms with Crippen molar-refractivity contribution in [1.82, 2.24) is 19.5 Å². The third kappa shape index (κ3) is 4.27. The maximum Gasteiger partial charge on any atom is 0.248 e. The van der Waals surface area contributed by atoms with Crippen molar-refractivity contribution in [2.75, 3.05) is 44.2 Å². The third-order valence-electron chi connectivity index (χ3n) is 6.07. The van der Waals surface area contributed by atoms with Crippen LogP contribution in [0.4, 0.5) is 5.69 Å². The number of rotatable bonds is 7. The molecule has 1 fully saturated rings. The van der Waals surface area contributed by atoms with Gasteiger partial charge in [0.1, 0.15) is 11.5 Å². The molecule has 0 unspecified atom stereocenters. The van der Waals surface area contributed by atoms with Crippen molar-refractivity contribution in [3.8, 4) is 11.5 Å². The molecule has 4 heterocycles. The molecule has 32 heavy (non-hydrogen) atoms. The average molecular weight is 434 g/mol. The Labute approximate surface area is 185 Å². The Morgan fingerprint density at radius 3 is 2.78 bits per heavy atom. The molecule has 1 aromatic carbocycles. The molecule has 166 valence electrons. The summed E-state index contributed by atoms with van der Waals surface area (Å²) in [7, 11) is 0. The summed E-state index contributed by atoms with van der Waals surface area (Å²) in [5, 5.41) is 15.2. The minimum Gasteiger partial charge on any atom is -0.506 e. The number of piperazine rings is 1. The molecule has 1 aliphatic heterocycles. The van der Waals surface area contributed by atoms with Crippen molar-refractivity contribution in [2.45, 2.75) is 12.8 Å². The second kappa shape index (κ2) is 8.92. The van der Waals surface area contributed by atoms with E-state index in [0.717, 1.165) is 67.9 Å². The highest BCUT2D eigenvalue weighted by molar-refractivity contribution is 5.95. The largest absolute Gasteiger partial charge is 0.506 e. The lowest BCUT2D eigenvalue weighted by Gasteiger charge is -2.36. The average Bonchev–Trinajstić information content (AvgIpc) is 3.28. The van der Waals surface area contributed by atoms with Gasteiger partial charge in [-0.05, 0) is 49.7 Å². The zero-order valence-corrected chi connectivity index (χ0v) is 17.9. The van der Waals surface area contributed by atoms with Crippen molar-refractivity contribution in [1.29, 1.82) is 0 Å². The first-order chi connectivity index (χ1) is 15.7. The van der Waals surface area contributed by atoms with Crippen molar-refractivity contribution >= 4 is 22.1 Å². The zero-order chi connectivity index (χ0) is 21.9. The van der Waals surface area contributed by atoms with E-state index in [4.69, 9.17) is 4.74 Å². The van der Waals surface area contributed by atoms with E-state index in [-0.39, 0.29) is 11.3 Å². The van der Waals surface area contributed by atoms with Crippen LogP contribution >= 0.6 is 0 Å². The maximum absolute atomic E-state index is 11.6. The smallest absolute Gasteiger partial charge is 0.248 e. The molecule has 8 heteroatoms. The van der Waals surface area contributed by atoms with Crippen LogP contribution in [0.15, 0.2) is 59.7 Å². The second-order valence-electron chi connectivity index (χ2n) is 8.16. The van der Waals surface area contributed by atoms with Crippen molar-refractivity contribution in [3.05, 3.63) is 65.2 Å². The van der Waals surface area contributed by atoms with Gasteiger partial charge in [-0.25, -0.2) is 4.52 Å². The zero-order valence-electron chi connectivity index (χ0n) is 17.9. The summed E-state index contributed by atoms with van der Waals surface area (Å²) in [4.78, 5) is 19.2. The molecule has 0 spiro atoms. The Bertz CT molecular complexity index is 1270. The number of phenolic OH excluding ortho intramolecular Hbond substituents is 1. The number of phenols is 1. The number of hydrogen-bond donors (Lipinski definition) is 2. The first-order valence-electron chi connectivity index (χ1n) is 11.1. The van der Waals surface area contributed by atoms with Crippen LogP contribution in [0, 0.1) is 0 Å². The lowest BCUT2D eigenvalue weighted by Crippen LogP contribution is -2.46. The summed E-state index contributed by atoms with van der Waals surface area (Å²) in [6.45, 7) is 5.58. The molecule has 0 radical (unpaired) electrons. The maximum atomic E-state index is 11.6. The summed E-state index contributed by atoms with van der Waals surface area (Å²) in [6, 6.07) is 12.8. The van der Waals surface area contributed by atoms with Gasteiger partial charge < -0.3 is 19.7 Å². The van der Waals surface area contributed by atoms with Crippen LogP contribution in [0.2, 0.25) is 0 Å². The van der Waals surface area contributed by atoms with Crippen LogP contribution in [0.1, 0.15) is 12.8 Å². The van der Waals surface area contributed by atoms with Crippen molar-refractivity contribution in [2.24, 2.45) is 0 Å². The van der Waals surface area contributed by atoms with Crippen LogP contribution in [0.5, 0.6) is 11.5 Å². The number of unbranched alkanes of at least 4 members (excludes halogenated alkanes) is 1. The highest BCUT2D eigenvalue weighted by Gasteiger charge is 2.19. The summed E-state index contributed by atoms with van der Waals surface area (Å²) in [5.74, 6) is 0.987. The number of aromatic amines is 1. The minimum atomic E-state index is -0.207. The molecular weight excluding hydrogens is 406 g/mol. The predicted molar refractivity (Wildman–Crippen MR) is 125 cm³/mol. The number of hydrogen-bond acceptors (Lipinski definition) is 6. The predicted octanol–water partition coefficient (Wildman–Crippen LogP) is 2.86. The van der Waals surface area contributed by atoms with Gasteiger partial charge in [0.2, 0.25) is 5.56 Å². The Hall–Kier alpha value is -3.52. The number of anilines is 1. The van der Waals surface area contributed by atoms with Gasteiger partial charge in [-0.3, -0.25) is 9.69 Å². The Kier molecular flexibility index (Phi) is 5.68. The van der Waals surface area contributed by atoms with Crippen LogP contribution < -0.4 is 15.2 Å². The highest BCUT2D eigenvalue weighted by Crippen LogP contribution is 2.31. The summed E-state index contributed by atoms with van der Waals surface area (Å²) in [5.41, 5.74) is 2.39. The summed E-state index contributed by atoms with van der Waals surface area (Å²) in [6.07, 6.45) is 5.81. The summed E-state index contributed by atoms with van der Waals surface area (Å²) < 4.78 is 7.72. The number of nitrogens with one attached hydrogen (secondary N) is 1. The topological polar surface area (TPSA) is 86.1 Å². The number of ether oxygens (including phenoxy) is 1. The molecule has 0 saturated carbocycles. The fourth-order valence-corrected chi connectivity index (χ4v) is 4.33. The molecule has 2 N–H and O–H groups in total. The normalized spacial score (nSPS) is 14.9. The molecule has 0 amide bonds. The van der Waals surface area contributed by atoms with Gasteiger partial charge in [0, 0.05) is 61.8 Å². The van der Waals surface area contributed by atoms with E-state index in [2.05, 4.69) is 19.9 Å². The second-order valence-corrected chi connectivity index (χ2v) is 8.16. The van der Waals surface area contributed by atoms with E-state index >= 15 is 0 Å². The quantitative estimate of drug-likeness (QED) is 0.436. The van der Waals surface area contributed by atoms with Crippen molar-refractivity contribution < 1.29 is 9.84 Å². The van der Waals surface area contributed by atoms with Crippen LogP contribution in [0.3, 0.4) is 0 Å². The summed E-state index contributed by atoms with van der Waals surface area (Å²) >= 11 is 0. The van der Waals surface area contributed by atoms with Gasteiger partial charge in [-0.15, -0.1) is 0 Å². The van der Waals surface area contributed by atoms with Crippen LogP contribution in [-0.4, -0.2) is 63.9 Å². The number of pyridine rings is 2. The number of H-pyrrole nitrogens is 1. The van der Waals surface area contributed by atoms with Gasteiger partial charge >= 0.3 is 0 Å². The fourth-order valence-electron chi connectivity index (χ4n) is 4.33. The molecule has 0 aliphatic carbocycles. The molecule has 0 atom stereocenters. The number of fused-ring (bicyclic) bond motifs is 2. The molecule has 1 saturated heterocycles. The Morgan fingerprint density at radius 2 is 1.91 bits per heavy atom. The van der Waals surface area contributed by atoms with E-state index in [1.165, 1.54) is 6.07 Å². The van der Waals surface area contributed by atoms with Crippen molar-refractivity contribution in [3.63, 3.8) is 0 Å². The standard InChI is InChI=1S/C24H27N5O3/c30-22-5-4-21(20-3-6-23(31)26-24(20)22)28-14-12-27(13-15-28)10-1-2-16-32-19-8-11-29-18(17-19)7-9-25-29/h3-9,11,17,30H,1-2,10,12-16H2,(H,26,31). The molecular formula is C24H27N5O3. The SMILES string of the molecule is O=c1ccc2c(N3CCN(CCCCOc4ccn5nccc5c4)CC3)ccc(O)c2[nH]1. The Balaban J connectivity index is 1.09. The molecule has 4 aromatic rings. The third-order valence-corrected chi connectivity index (χ3v) is 6.07. The van der Waals surface area contributed by atoms with Gasteiger partial charge in [0.25, 0.3) is 0 Å². The molecule has 8 nitrogen and oxygen atoms in total. The number of aromatic hydroxyl groups is 1. The van der Waals surface area contributed by atoms with Gasteiger partial charge in [0.15, 0.2) is 0 Å². The van der Waals surface area contributed by atoms with Crippen LogP contribution in [0.25, 0.3) is 16.4 Å². The first kappa shape index (κ1) is 20.4. The fraction of sp³-hybridized carbons (Fsp3) is 0.333. The first-order valence-corrected chi connectivity index (χ1v) is 11.1. The molecule has 5 rings (SSSR count). The van der Waals surface area contributed by atoms with Crippen LogP contribution in [-0.2, 0) is 0 Å². The lowest BCUT2D eigenvalue weighted by atomic mass is 10.1. The van der Waals surface area contributed by atoms with E-state index in [1.54, 1.807) is 18.3 Å². The number of aromatic nitrogens is 3. The molecule has 0 bridgehead atoms. The molecule has 1 aliphatic rings. The van der Waals surface area contributed by atoms with E-state index in [9.17, 15) is 9.90 Å². The minimum absolute atomic E-state index is 0.104. The van der Waals surface area contributed by atoms with Gasteiger partial charge in [-0.1, -0.05) is 0 Å². The van der Waals surface area contributed by atoms with Gasteiger partial charge in [-0.2, -0.15) is 5.10 Å². The lowest BCUT2D eigenvalue weighted by molar-refractivity contribution is 0.238. The van der Waals surface area contributed by atoms with Gasteiger partial charge in [0.05, 0.1) is 17.6 Å². The monoisotopic (exact) mass is 433 g/mol.